The fourth-order valence-electron chi connectivity index (χ4n) is 2.01. The number of aryl methyl sites for hydroxylation is 1. The molecule has 1 unspecified atom stereocenters. The summed E-state index contributed by atoms with van der Waals surface area (Å²) >= 11 is 3.43. The summed E-state index contributed by atoms with van der Waals surface area (Å²) < 4.78 is 0.988. The Balaban J connectivity index is 2.28. The van der Waals surface area contributed by atoms with Gasteiger partial charge in [0.2, 0.25) is 0 Å². The maximum Gasteiger partial charge on any atom is 0.292 e. The number of hydrogen-bond acceptors (Lipinski definition) is 3. The molecule has 2 aromatic rings. The summed E-state index contributed by atoms with van der Waals surface area (Å²) in [7, 11) is 0. The molecule has 0 aromatic heterocycles. The van der Waals surface area contributed by atoms with Crippen molar-refractivity contribution in [3.63, 3.8) is 0 Å². The van der Waals surface area contributed by atoms with Crippen molar-refractivity contribution in [1.82, 2.24) is 0 Å². The number of hydrogen-bond donors (Lipinski definition) is 1. The van der Waals surface area contributed by atoms with Crippen molar-refractivity contribution in [3.8, 4) is 0 Å². The molecular weight excluding hydrogens is 320 g/mol. The Morgan fingerprint density at radius 2 is 2.00 bits per heavy atom. The molecule has 0 heterocycles. The molecule has 0 radical (unpaired) electrons. The number of nitro benzene ring substituents is 1. The van der Waals surface area contributed by atoms with Crippen LogP contribution in [-0.4, -0.2) is 4.92 Å². The molecule has 2 rings (SSSR count). The maximum atomic E-state index is 11.1. The van der Waals surface area contributed by atoms with Gasteiger partial charge in [0.15, 0.2) is 0 Å². The Labute approximate surface area is 126 Å². The molecule has 0 aliphatic heterocycles. The summed E-state index contributed by atoms with van der Waals surface area (Å²) in [6.07, 6.45) is 0. The molecule has 0 aliphatic carbocycles. The molecule has 0 saturated heterocycles. The Morgan fingerprint density at radius 1 is 1.25 bits per heavy atom. The summed E-state index contributed by atoms with van der Waals surface area (Å²) in [4.78, 5) is 10.7. The van der Waals surface area contributed by atoms with Crippen LogP contribution in [0.3, 0.4) is 0 Å². The van der Waals surface area contributed by atoms with E-state index in [1.165, 1.54) is 0 Å². The van der Waals surface area contributed by atoms with E-state index in [1.807, 2.05) is 44.2 Å². The van der Waals surface area contributed by atoms with Crippen LogP contribution < -0.4 is 5.32 Å². The largest absolute Gasteiger partial charge is 0.373 e. The molecule has 1 N–H and O–H groups in total. The van der Waals surface area contributed by atoms with Crippen LogP contribution in [0.5, 0.6) is 0 Å². The Bertz CT molecular complexity index is 644. The molecule has 0 amide bonds. The zero-order chi connectivity index (χ0) is 14.7. The predicted molar refractivity (Wildman–Crippen MR) is 84.0 cm³/mol. The first-order valence-corrected chi connectivity index (χ1v) is 7.03. The predicted octanol–water partition coefficient (Wildman–Crippen LogP) is 4.84. The maximum absolute atomic E-state index is 11.1. The molecule has 20 heavy (non-hydrogen) atoms. The highest BCUT2D eigenvalue weighted by Crippen LogP contribution is 2.29. The molecule has 104 valence electrons. The SMILES string of the molecule is Cc1ccc(NC(C)c2cccc(Br)c2)c([N+](=O)[O-])c1. The third-order valence-electron chi connectivity index (χ3n) is 3.07. The van der Waals surface area contributed by atoms with E-state index in [0.29, 0.717) is 5.69 Å². The van der Waals surface area contributed by atoms with E-state index in [2.05, 4.69) is 21.2 Å². The van der Waals surface area contributed by atoms with Gasteiger partial charge in [-0.3, -0.25) is 10.1 Å². The lowest BCUT2D eigenvalue weighted by Gasteiger charge is -2.16. The number of nitro groups is 1. The van der Waals surface area contributed by atoms with Gasteiger partial charge in [-0.2, -0.15) is 0 Å². The lowest BCUT2D eigenvalue weighted by molar-refractivity contribution is -0.384. The number of rotatable bonds is 4. The average Bonchev–Trinajstić information content (AvgIpc) is 2.40. The van der Waals surface area contributed by atoms with E-state index < -0.39 is 0 Å². The van der Waals surface area contributed by atoms with Crippen LogP contribution in [0.2, 0.25) is 0 Å². The van der Waals surface area contributed by atoms with Gasteiger partial charge in [-0.05, 0) is 43.2 Å². The topological polar surface area (TPSA) is 55.2 Å². The lowest BCUT2D eigenvalue weighted by atomic mass is 10.1. The third-order valence-corrected chi connectivity index (χ3v) is 3.56. The molecule has 2 aromatic carbocycles. The van der Waals surface area contributed by atoms with Crippen LogP contribution in [0.15, 0.2) is 46.9 Å². The van der Waals surface area contributed by atoms with E-state index in [1.54, 1.807) is 12.1 Å². The van der Waals surface area contributed by atoms with E-state index >= 15 is 0 Å². The van der Waals surface area contributed by atoms with Crippen LogP contribution in [0, 0.1) is 17.0 Å². The van der Waals surface area contributed by atoms with Gasteiger partial charge < -0.3 is 5.32 Å². The van der Waals surface area contributed by atoms with Gasteiger partial charge in [-0.1, -0.05) is 34.1 Å². The van der Waals surface area contributed by atoms with Crippen molar-refractivity contribution in [2.24, 2.45) is 0 Å². The normalized spacial score (nSPS) is 11.9. The minimum absolute atomic E-state index is 0.0195. The molecule has 0 fully saturated rings. The number of anilines is 1. The second kappa shape index (κ2) is 6.05. The quantitative estimate of drug-likeness (QED) is 0.642. The smallest absolute Gasteiger partial charge is 0.292 e. The van der Waals surface area contributed by atoms with Crippen LogP contribution in [-0.2, 0) is 0 Å². The Kier molecular flexibility index (Phi) is 4.39. The molecular formula is C15H15BrN2O2. The van der Waals surface area contributed by atoms with Gasteiger partial charge in [-0.15, -0.1) is 0 Å². The van der Waals surface area contributed by atoms with Crippen LogP contribution in [0.4, 0.5) is 11.4 Å². The van der Waals surface area contributed by atoms with Crippen molar-refractivity contribution < 1.29 is 4.92 Å². The standard InChI is InChI=1S/C15H15BrN2O2/c1-10-6-7-14(15(8-10)18(19)20)17-11(2)12-4-3-5-13(16)9-12/h3-9,11,17H,1-2H3. The highest BCUT2D eigenvalue weighted by molar-refractivity contribution is 9.10. The van der Waals surface area contributed by atoms with Gasteiger partial charge in [0.1, 0.15) is 5.69 Å². The first-order chi connectivity index (χ1) is 9.47. The molecule has 0 aliphatic rings. The molecule has 4 nitrogen and oxygen atoms in total. The molecule has 1 atom stereocenters. The zero-order valence-corrected chi connectivity index (χ0v) is 12.8. The lowest BCUT2D eigenvalue weighted by Crippen LogP contribution is -2.08. The second-order valence-electron chi connectivity index (χ2n) is 4.70. The summed E-state index contributed by atoms with van der Waals surface area (Å²) in [5.41, 5.74) is 2.58. The van der Waals surface area contributed by atoms with Gasteiger partial charge >= 0.3 is 0 Å². The number of nitrogens with zero attached hydrogens (tertiary/aromatic N) is 1. The van der Waals surface area contributed by atoms with E-state index in [4.69, 9.17) is 0 Å². The fraction of sp³-hybridized carbons (Fsp3) is 0.200. The average molecular weight is 335 g/mol. The number of nitrogens with one attached hydrogen (secondary N) is 1. The number of benzene rings is 2. The number of halogens is 1. The molecule has 0 spiro atoms. The third kappa shape index (κ3) is 3.36. The van der Waals surface area contributed by atoms with Gasteiger partial charge in [0, 0.05) is 16.6 Å². The summed E-state index contributed by atoms with van der Waals surface area (Å²) in [5, 5.41) is 14.3. The van der Waals surface area contributed by atoms with Crippen molar-refractivity contribution in [2.75, 3.05) is 5.32 Å². The van der Waals surface area contributed by atoms with E-state index in [9.17, 15) is 10.1 Å². The van der Waals surface area contributed by atoms with Crippen molar-refractivity contribution in [2.45, 2.75) is 19.9 Å². The Hall–Kier alpha value is -1.88. The van der Waals surface area contributed by atoms with Gasteiger partial charge in [0.05, 0.1) is 4.92 Å². The summed E-state index contributed by atoms with van der Waals surface area (Å²) in [6.45, 7) is 3.82. The summed E-state index contributed by atoms with van der Waals surface area (Å²) in [6, 6.07) is 13.1. The molecule has 5 heteroatoms. The fourth-order valence-corrected chi connectivity index (χ4v) is 2.42. The summed E-state index contributed by atoms with van der Waals surface area (Å²) in [5.74, 6) is 0. The minimum Gasteiger partial charge on any atom is -0.373 e. The highest BCUT2D eigenvalue weighted by Gasteiger charge is 2.16. The van der Waals surface area contributed by atoms with Gasteiger partial charge in [-0.25, -0.2) is 0 Å². The molecule has 0 saturated carbocycles. The van der Waals surface area contributed by atoms with Gasteiger partial charge in [0.25, 0.3) is 5.69 Å². The van der Waals surface area contributed by atoms with Crippen molar-refractivity contribution in [3.05, 3.63) is 68.2 Å². The van der Waals surface area contributed by atoms with E-state index in [0.717, 1.165) is 15.6 Å². The highest BCUT2D eigenvalue weighted by atomic mass is 79.9. The van der Waals surface area contributed by atoms with Crippen molar-refractivity contribution in [1.29, 1.82) is 0 Å². The van der Waals surface area contributed by atoms with Crippen LogP contribution >= 0.6 is 15.9 Å². The molecule has 0 bridgehead atoms. The monoisotopic (exact) mass is 334 g/mol. The van der Waals surface area contributed by atoms with Crippen LogP contribution in [0.1, 0.15) is 24.1 Å². The Morgan fingerprint density at radius 3 is 2.65 bits per heavy atom. The second-order valence-corrected chi connectivity index (χ2v) is 5.61. The van der Waals surface area contributed by atoms with E-state index in [-0.39, 0.29) is 16.7 Å². The first-order valence-electron chi connectivity index (χ1n) is 6.24. The zero-order valence-electron chi connectivity index (χ0n) is 11.3. The minimum atomic E-state index is -0.358. The van der Waals surface area contributed by atoms with Crippen molar-refractivity contribution >= 4 is 27.3 Å². The van der Waals surface area contributed by atoms with Crippen LogP contribution in [0.25, 0.3) is 0 Å². The first kappa shape index (κ1) is 14.5.